The maximum absolute atomic E-state index is 10.9. The molecule has 0 amide bonds. The Hall–Kier alpha value is -2.01. The van der Waals surface area contributed by atoms with Gasteiger partial charge in [-0.25, -0.2) is 4.79 Å². The smallest absolute Gasteiger partial charge is 0.331 e. The van der Waals surface area contributed by atoms with Gasteiger partial charge in [-0.05, 0) is 19.1 Å². The maximum Gasteiger partial charge on any atom is 0.331 e. The van der Waals surface area contributed by atoms with Crippen molar-refractivity contribution in [2.24, 2.45) is 0 Å². The zero-order chi connectivity index (χ0) is 11.1. The van der Waals surface area contributed by atoms with E-state index in [4.69, 9.17) is 0 Å². The molecule has 1 rings (SSSR count). The highest BCUT2D eigenvalue weighted by molar-refractivity contribution is 5.83. The fourth-order valence-electron chi connectivity index (χ4n) is 0.964. The predicted molar refractivity (Wildman–Crippen MR) is 59.1 cm³/mol. The van der Waals surface area contributed by atoms with E-state index in [1.54, 1.807) is 6.92 Å². The minimum atomic E-state index is -0.380. The summed E-state index contributed by atoms with van der Waals surface area (Å²) in [6.45, 7) is 1.77. The second-order valence-electron chi connectivity index (χ2n) is 2.97. The monoisotopic (exact) mass is 200 g/mol. The summed E-state index contributed by atoms with van der Waals surface area (Å²) in [5.41, 5.74) is 1.61. The largest absolute Gasteiger partial charge is 0.466 e. The van der Waals surface area contributed by atoms with Crippen LogP contribution in [0.1, 0.15) is 12.5 Å². The molecule has 0 saturated carbocycles. The first-order valence-electron chi connectivity index (χ1n) is 4.55. The molecule has 0 atom stereocenters. The van der Waals surface area contributed by atoms with Crippen molar-refractivity contribution >= 4 is 5.97 Å². The number of ether oxygens (including phenoxy) is 1. The van der Waals surface area contributed by atoms with Crippen molar-refractivity contribution in [1.29, 1.82) is 0 Å². The summed E-state index contributed by atoms with van der Waals surface area (Å²) in [6.07, 6.45) is 1.37. The van der Waals surface area contributed by atoms with Gasteiger partial charge >= 0.3 is 5.97 Å². The summed E-state index contributed by atoms with van der Waals surface area (Å²) >= 11 is 0. The highest BCUT2D eigenvalue weighted by Gasteiger charge is 1.92. The number of hydrogen-bond acceptors (Lipinski definition) is 2. The number of carbonyl (C=O) groups excluding carboxylic acids is 1. The van der Waals surface area contributed by atoms with Gasteiger partial charge in [0, 0.05) is 17.2 Å². The molecule has 1 aromatic rings. The highest BCUT2D eigenvalue weighted by atomic mass is 16.5. The molecule has 0 aromatic heterocycles. The van der Waals surface area contributed by atoms with Crippen LogP contribution in [0.5, 0.6) is 0 Å². The van der Waals surface area contributed by atoms with Gasteiger partial charge in [-0.1, -0.05) is 30.0 Å². The molecule has 0 aliphatic carbocycles. The van der Waals surface area contributed by atoms with Gasteiger partial charge in [0.15, 0.2) is 0 Å². The third kappa shape index (κ3) is 4.15. The van der Waals surface area contributed by atoms with E-state index in [1.165, 1.54) is 13.2 Å². The van der Waals surface area contributed by atoms with Crippen molar-refractivity contribution in [3.05, 3.63) is 47.5 Å². The molecule has 0 spiro atoms. The number of methoxy groups -OCH3 is 1. The van der Waals surface area contributed by atoms with Crippen LogP contribution >= 0.6 is 0 Å². The normalized spacial score (nSPS) is 10.1. The van der Waals surface area contributed by atoms with Crippen LogP contribution in [-0.4, -0.2) is 13.1 Å². The van der Waals surface area contributed by atoms with Crippen LogP contribution < -0.4 is 0 Å². The SMILES string of the molecule is COC(=O)/C=C(\C)C#Cc1ccccc1. The van der Waals surface area contributed by atoms with Crippen molar-refractivity contribution in [2.45, 2.75) is 6.92 Å². The number of hydrogen-bond donors (Lipinski definition) is 0. The lowest BCUT2D eigenvalue weighted by atomic mass is 10.2. The van der Waals surface area contributed by atoms with Gasteiger partial charge in [-0.3, -0.25) is 0 Å². The molecule has 0 saturated heterocycles. The first-order chi connectivity index (χ1) is 7.22. The van der Waals surface area contributed by atoms with E-state index in [2.05, 4.69) is 16.6 Å². The Kier molecular flexibility index (Phi) is 4.18. The Bertz CT molecular complexity index is 419. The summed E-state index contributed by atoms with van der Waals surface area (Å²) < 4.78 is 4.49. The molecule has 2 nitrogen and oxygen atoms in total. The van der Waals surface area contributed by atoms with Gasteiger partial charge in [-0.2, -0.15) is 0 Å². The van der Waals surface area contributed by atoms with Crippen LogP contribution in [0.15, 0.2) is 42.0 Å². The molecule has 1 aromatic carbocycles. The summed E-state index contributed by atoms with van der Waals surface area (Å²) in [4.78, 5) is 10.9. The second kappa shape index (κ2) is 5.66. The molecule has 2 heteroatoms. The van der Waals surface area contributed by atoms with E-state index >= 15 is 0 Å². The number of rotatable bonds is 1. The number of benzene rings is 1. The van der Waals surface area contributed by atoms with Gasteiger partial charge in [0.25, 0.3) is 0 Å². The topological polar surface area (TPSA) is 26.3 Å². The fraction of sp³-hybridized carbons (Fsp3) is 0.154. The van der Waals surface area contributed by atoms with Gasteiger partial charge in [0.1, 0.15) is 0 Å². The molecular formula is C13H12O2. The maximum atomic E-state index is 10.9. The summed E-state index contributed by atoms with van der Waals surface area (Å²) in [5.74, 6) is 5.44. The van der Waals surface area contributed by atoms with E-state index < -0.39 is 0 Å². The van der Waals surface area contributed by atoms with E-state index in [1.807, 2.05) is 30.3 Å². The molecule has 0 fully saturated rings. The highest BCUT2D eigenvalue weighted by Crippen LogP contribution is 1.97. The molecule has 0 heterocycles. The molecule has 15 heavy (non-hydrogen) atoms. The Morgan fingerprint density at radius 1 is 1.33 bits per heavy atom. The summed E-state index contributed by atoms with van der Waals surface area (Å²) in [7, 11) is 1.34. The average molecular weight is 200 g/mol. The predicted octanol–water partition coefficient (Wildman–Crippen LogP) is 2.16. The average Bonchev–Trinajstić information content (AvgIpc) is 2.27. The lowest BCUT2D eigenvalue weighted by Gasteiger charge is -1.90. The molecule has 0 radical (unpaired) electrons. The number of esters is 1. The first-order valence-corrected chi connectivity index (χ1v) is 4.55. The molecule has 0 unspecified atom stereocenters. The first kappa shape index (κ1) is 11.1. The lowest BCUT2D eigenvalue weighted by molar-refractivity contribution is -0.134. The third-order valence-corrected chi connectivity index (χ3v) is 1.71. The Labute approximate surface area is 89.6 Å². The Morgan fingerprint density at radius 2 is 2.00 bits per heavy atom. The quantitative estimate of drug-likeness (QED) is 0.394. The van der Waals surface area contributed by atoms with Crippen LogP contribution in [0, 0.1) is 11.8 Å². The third-order valence-electron chi connectivity index (χ3n) is 1.71. The molecule has 0 aliphatic heterocycles. The van der Waals surface area contributed by atoms with Gasteiger partial charge in [-0.15, -0.1) is 0 Å². The minimum Gasteiger partial charge on any atom is -0.466 e. The minimum absolute atomic E-state index is 0.380. The second-order valence-corrected chi connectivity index (χ2v) is 2.97. The van der Waals surface area contributed by atoms with Crippen LogP contribution in [0.4, 0.5) is 0 Å². The van der Waals surface area contributed by atoms with Crippen LogP contribution in [0.3, 0.4) is 0 Å². The summed E-state index contributed by atoms with van der Waals surface area (Å²) in [5, 5.41) is 0. The van der Waals surface area contributed by atoms with Crippen molar-refractivity contribution in [2.75, 3.05) is 7.11 Å². The van der Waals surface area contributed by atoms with Crippen molar-refractivity contribution in [3.8, 4) is 11.8 Å². The summed E-state index contributed by atoms with van der Waals surface area (Å²) in [6, 6.07) is 9.60. The fourth-order valence-corrected chi connectivity index (χ4v) is 0.964. The van der Waals surface area contributed by atoms with E-state index in [0.717, 1.165) is 5.56 Å². The molecule has 0 N–H and O–H groups in total. The van der Waals surface area contributed by atoms with E-state index in [-0.39, 0.29) is 5.97 Å². The van der Waals surface area contributed by atoms with Gasteiger partial charge in [0.2, 0.25) is 0 Å². The van der Waals surface area contributed by atoms with Crippen LogP contribution in [0.2, 0.25) is 0 Å². The number of allylic oxidation sites excluding steroid dienone is 1. The Balaban J connectivity index is 2.74. The van der Waals surface area contributed by atoms with Crippen molar-refractivity contribution < 1.29 is 9.53 Å². The van der Waals surface area contributed by atoms with Gasteiger partial charge < -0.3 is 4.74 Å². The molecular weight excluding hydrogens is 188 g/mol. The zero-order valence-corrected chi connectivity index (χ0v) is 8.78. The van der Waals surface area contributed by atoms with E-state index in [0.29, 0.717) is 5.57 Å². The van der Waals surface area contributed by atoms with E-state index in [9.17, 15) is 4.79 Å². The number of carbonyl (C=O) groups is 1. The van der Waals surface area contributed by atoms with Gasteiger partial charge in [0.05, 0.1) is 7.11 Å². The molecule has 0 aliphatic rings. The lowest BCUT2D eigenvalue weighted by Crippen LogP contribution is -1.94. The molecule has 76 valence electrons. The Morgan fingerprint density at radius 3 is 2.60 bits per heavy atom. The van der Waals surface area contributed by atoms with Crippen molar-refractivity contribution in [1.82, 2.24) is 0 Å². The van der Waals surface area contributed by atoms with Crippen LogP contribution in [0.25, 0.3) is 0 Å². The van der Waals surface area contributed by atoms with Crippen molar-refractivity contribution in [3.63, 3.8) is 0 Å². The molecule has 0 bridgehead atoms. The van der Waals surface area contributed by atoms with Crippen LogP contribution in [-0.2, 0) is 9.53 Å². The zero-order valence-electron chi connectivity index (χ0n) is 8.78. The standard InChI is InChI=1S/C13H12O2/c1-11(10-13(14)15-2)8-9-12-6-4-3-5-7-12/h3-7,10H,1-2H3/b11-10+.